The van der Waals surface area contributed by atoms with Crippen LogP contribution >= 0.6 is 11.6 Å². The molecule has 144 valence electrons. The third-order valence-corrected chi connectivity index (χ3v) is 9.29. The number of halogens is 1. The predicted molar refractivity (Wildman–Crippen MR) is 109 cm³/mol. The van der Waals surface area contributed by atoms with E-state index in [-0.39, 0.29) is 5.41 Å². The van der Waals surface area contributed by atoms with E-state index in [1.165, 1.54) is 43.2 Å². The molecule has 0 amide bonds. The number of rotatable bonds is 1. The summed E-state index contributed by atoms with van der Waals surface area (Å²) in [4.78, 5) is 16.4. The van der Waals surface area contributed by atoms with Crippen LogP contribution in [0.3, 0.4) is 0 Å². The summed E-state index contributed by atoms with van der Waals surface area (Å²) in [7, 11) is 0. The molecule has 0 spiro atoms. The van der Waals surface area contributed by atoms with Gasteiger partial charge in [0.15, 0.2) is 0 Å². The minimum absolute atomic E-state index is 0.251. The number of carbonyl (C=O) groups excluding carboxylic acids is 1. The number of hydrogen-bond donors (Lipinski definition) is 0. The molecule has 1 aromatic rings. The van der Waals surface area contributed by atoms with Crippen LogP contribution in [-0.2, 0) is 4.79 Å². The predicted octanol–water partition coefficient (Wildman–Crippen LogP) is 6.34. The fourth-order valence-electron chi connectivity index (χ4n) is 7.62. The number of aromatic nitrogens is 1. The monoisotopic (exact) mass is 383 g/mol. The van der Waals surface area contributed by atoms with Crippen LogP contribution in [0.1, 0.15) is 70.8 Å². The van der Waals surface area contributed by atoms with Gasteiger partial charge in [0.1, 0.15) is 5.78 Å². The second-order valence-corrected chi connectivity index (χ2v) is 10.5. The molecule has 6 unspecified atom stereocenters. The molecule has 0 saturated heterocycles. The molecular formula is C24H30ClNO. The normalized spacial score (nSPS) is 43.5. The molecular weight excluding hydrogens is 354 g/mol. The Hall–Kier alpha value is -1.15. The highest BCUT2D eigenvalue weighted by molar-refractivity contribution is 6.30. The van der Waals surface area contributed by atoms with Crippen molar-refractivity contribution in [1.29, 1.82) is 0 Å². The van der Waals surface area contributed by atoms with Crippen LogP contribution in [0, 0.1) is 34.5 Å². The first-order chi connectivity index (χ1) is 12.9. The Morgan fingerprint density at radius 3 is 2.78 bits per heavy atom. The van der Waals surface area contributed by atoms with Crippen LogP contribution in [0.15, 0.2) is 24.5 Å². The highest BCUT2D eigenvalue weighted by Crippen LogP contribution is 2.67. The number of pyridine rings is 1. The van der Waals surface area contributed by atoms with Crippen LogP contribution in [0.4, 0.5) is 0 Å². The third-order valence-electron chi connectivity index (χ3n) is 9.08. The van der Waals surface area contributed by atoms with Crippen molar-refractivity contribution in [3.05, 3.63) is 35.1 Å². The molecule has 3 fully saturated rings. The highest BCUT2D eigenvalue weighted by Gasteiger charge is 2.58. The van der Waals surface area contributed by atoms with Gasteiger partial charge >= 0.3 is 0 Å². The molecule has 0 radical (unpaired) electrons. The number of hydrogen-bond acceptors (Lipinski definition) is 2. The maximum Gasteiger partial charge on any atom is 0.133 e. The summed E-state index contributed by atoms with van der Waals surface area (Å²) < 4.78 is 0. The van der Waals surface area contributed by atoms with Gasteiger partial charge in [0.2, 0.25) is 0 Å². The van der Waals surface area contributed by atoms with Crippen LogP contribution in [-0.4, -0.2) is 10.8 Å². The molecule has 5 rings (SSSR count). The fourth-order valence-corrected chi connectivity index (χ4v) is 7.79. The van der Waals surface area contributed by atoms with E-state index in [4.69, 9.17) is 11.6 Å². The second kappa shape index (κ2) is 6.17. The minimum atomic E-state index is 0.251. The molecule has 0 N–H and O–H groups in total. The van der Waals surface area contributed by atoms with E-state index in [0.29, 0.717) is 17.1 Å². The molecule has 3 saturated carbocycles. The largest absolute Gasteiger partial charge is 0.300 e. The van der Waals surface area contributed by atoms with Gasteiger partial charge in [-0.05, 0) is 90.2 Å². The molecule has 27 heavy (non-hydrogen) atoms. The summed E-state index contributed by atoms with van der Waals surface area (Å²) in [6.45, 7) is 5.01. The number of ketones is 1. The maximum atomic E-state index is 12.1. The van der Waals surface area contributed by atoms with Gasteiger partial charge in [-0.2, -0.15) is 0 Å². The van der Waals surface area contributed by atoms with Gasteiger partial charge in [-0.25, -0.2) is 0 Å². The average Bonchev–Trinajstić information content (AvgIpc) is 2.99. The summed E-state index contributed by atoms with van der Waals surface area (Å²) in [5, 5.41) is 0.731. The number of nitrogens with zero attached hydrogens (tertiary/aromatic N) is 1. The quantitative estimate of drug-likeness (QED) is 0.566. The average molecular weight is 384 g/mol. The van der Waals surface area contributed by atoms with Crippen molar-refractivity contribution in [2.24, 2.45) is 34.5 Å². The fraction of sp³-hybridized carbons (Fsp3) is 0.667. The Bertz CT molecular complexity index is 816. The molecule has 0 aromatic carbocycles. The van der Waals surface area contributed by atoms with Crippen molar-refractivity contribution in [2.45, 2.75) is 65.2 Å². The van der Waals surface area contributed by atoms with Gasteiger partial charge in [-0.1, -0.05) is 31.5 Å². The van der Waals surface area contributed by atoms with Crippen molar-refractivity contribution in [3.63, 3.8) is 0 Å². The van der Waals surface area contributed by atoms with E-state index in [1.54, 1.807) is 6.20 Å². The van der Waals surface area contributed by atoms with Crippen LogP contribution in [0.2, 0.25) is 5.02 Å². The lowest BCUT2D eigenvalue weighted by atomic mass is 9.44. The van der Waals surface area contributed by atoms with E-state index < -0.39 is 0 Å². The summed E-state index contributed by atoms with van der Waals surface area (Å²) in [6, 6.07) is 2.09. The van der Waals surface area contributed by atoms with Crippen molar-refractivity contribution in [2.75, 3.05) is 0 Å². The van der Waals surface area contributed by atoms with Crippen LogP contribution in [0.25, 0.3) is 5.57 Å². The summed E-state index contributed by atoms with van der Waals surface area (Å²) >= 11 is 6.24. The highest BCUT2D eigenvalue weighted by atomic mass is 35.5. The van der Waals surface area contributed by atoms with E-state index in [0.717, 1.165) is 42.0 Å². The van der Waals surface area contributed by atoms with E-state index in [1.807, 2.05) is 6.20 Å². The Kier molecular flexibility index (Phi) is 4.10. The van der Waals surface area contributed by atoms with Gasteiger partial charge in [-0.15, -0.1) is 0 Å². The van der Waals surface area contributed by atoms with E-state index in [2.05, 4.69) is 31.0 Å². The summed E-state index contributed by atoms with van der Waals surface area (Å²) in [5.74, 6) is 3.48. The zero-order valence-electron chi connectivity index (χ0n) is 16.5. The Morgan fingerprint density at radius 2 is 1.96 bits per heavy atom. The maximum absolute atomic E-state index is 12.1. The third kappa shape index (κ3) is 2.58. The minimum Gasteiger partial charge on any atom is -0.300 e. The molecule has 6 atom stereocenters. The number of allylic oxidation sites excluding steroid dienone is 2. The Morgan fingerprint density at radius 1 is 1.11 bits per heavy atom. The standard InChI is InChI=1S/C24H30ClNO/c1-23-9-7-18(27)12-16(23)3-4-19-21-6-5-20(15-11-17(25)14-26-13-15)24(21,2)10-8-22(19)23/h5,11,13-14,16,19,21-22H,3-4,6-10,12H2,1-2H3. The van der Waals surface area contributed by atoms with Crippen LogP contribution < -0.4 is 0 Å². The molecule has 4 aliphatic carbocycles. The lowest BCUT2D eigenvalue weighted by Crippen LogP contribution is -2.53. The molecule has 0 aliphatic heterocycles. The molecule has 2 nitrogen and oxygen atoms in total. The van der Waals surface area contributed by atoms with Crippen molar-refractivity contribution in [3.8, 4) is 0 Å². The summed E-state index contributed by atoms with van der Waals surface area (Å²) in [5.41, 5.74) is 3.33. The molecule has 1 heterocycles. The molecule has 1 aromatic heterocycles. The molecule has 0 bridgehead atoms. The zero-order chi connectivity index (χ0) is 18.8. The lowest BCUT2D eigenvalue weighted by Gasteiger charge is -2.60. The molecule has 3 heteroatoms. The van der Waals surface area contributed by atoms with Gasteiger partial charge in [0.05, 0.1) is 5.02 Å². The van der Waals surface area contributed by atoms with Gasteiger partial charge < -0.3 is 0 Å². The number of carbonyl (C=O) groups is 1. The van der Waals surface area contributed by atoms with Gasteiger partial charge in [0, 0.05) is 25.2 Å². The van der Waals surface area contributed by atoms with Gasteiger partial charge in [0.25, 0.3) is 0 Å². The smallest absolute Gasteiger partial charge is 0.133 e. The Balaban J connectivity index is 1.45. The molecule has 4 aliphatic rings. The first kappa shape index (κ1) is 17.9. The van der Waals surface area contributed by atoms with Crippen molar-refractivity contribution in [1.82, 2.24) is 4.98 Å². The van der Waals surface area contributed by atoms with E-state index in [9.17, 15) is 4.79 Å². The zero-order valence-corrected chi connectivity index (χ0v) is 17.3. The van der Waals surface area contributed by atoms with Crippen molar-refractivity contribution >= 4 is 23.0 Å². The second-order valence-electron chi connectivity index (χ2n) is 10.1. The first-order valence-corrected chi connectivity index (χ1v) is 11.1. The topological polar surface area (TPSA) is 30.0 Å². The first-order valence-electron chi connectivity index (χ1n) is 10.7. The number of fused-ring (bicyclic) bond motifs is 5. The number of Topliss-reactive ketones (excluding diaryl/α,β-unsaturated/α-hetero) is 1. The van der Waals surface area contributed by atoms with Gasteiger partial charge in [-0.3, -0.25) is 9.78 Å². The lowest BCUT2D eigenvalue weighted by molar-refractivity contribution is -0.136. The summed E-state index contributed by atoms with van der Waals surface area (Å²) in [6.07, 6.45) is 15.3. The Labute approximate surface area is 167 Å². The van der Waals surface area contributed by atoms with Crippen molar-refractivity contribution < 1.29 is 4.79 Å². The van der Waals surface area contributed by atoms with E-state index >= 15 is 0 Å². The SMILES string of the molecule is CC12CCC3C(CCC4CC(=O)CCC43C)C1CC=C2c1cncc(Cl)c1. The van der Waals surface area contributed by atoms with Crippen LogP contribution in [0.5, 0.6) is 0 Å².